The second kappa shape index (κ2) is 9.71. The van der Waals surface area contributed by atoms with Crippen LogP contribution in [0.4, 0.5) is 5.82 Å². The van der Waals surface area contributed by atoms with Crippen LogP contribution in [0.25, 0.3) is 11.0 Å². The first-order chi connectivity index (χ1) is 16.0. The fraction of sp³-hybridized carbons (Fsp3) is 0.333. The van der Waals surface area contributed by atoms with E-state index in [-0.39, 0.29) is 11.9 Å². The highest BCUT2D eigenvalue weighted by molar-refractivity contribution is 5.91. The molecule has 2 N–H and O–H groups in total. The Balaban J connectivity index is 1.61. The van der Waals surface area contributed by atoms with Crippen LogP contribution in [0.2, 0.25) is 0 Å². The molecule has 9 heteroatoms. The number of hydrogen-bond acceptors (Lipinski definition) is 7. The number of likely N-dealkylation sites (N-methyl/N-ethyl adjacent to an activating group) is 1. The average Bonchev–Trinajstić information content (AvgIpc) is 3.43. The summed E-state index contributed by atoms with van der Waals surface area (Å²) in [6, 6.07) is 7.49. The Morgan fingerprint density at radius 3 is 2.97 bits per heavy atom. The number of nitrogen functional groups attached to an aromatic ring is 1. The molecule has 1 atom stereocenters. The van der Waals surface area contributed by atoms with Crippen molar-refractivity contribution in [2.24, 2.45) is 0 Å². The molecule has 4 rings (SSSR count). The molecule has 1 fully saturated rings. The van der Waals surface area contributed by atoms with Crippen molar-refractivity contribution in [1.82, 2.24) is 29.5 Å². The number of carbonyl (C=O) groups is 1. The van der Waals surface area contributed by atoms with Crippen LogP contribution in [0.15, 0.2) is 42.7 Å². The maximum absolute atomic E-state index is 12.6. The van der Waals surface area contributed by atoms with Gasteiger partial charge in [0.1, 0.15) is 23.6 Å². The molecule has 9 nitrogen and oxygen atoms in total. The lowest BCUT2D eigenvalue weighted by Crippen LogP contribution is -2.28. The molecule has 1 aliphatic heterocycles. The number of benzene rings is 1. The summed E-state index contributed by atoms with van der Waals surface area (Å²) in [6.45, 7) is 1.93. The summed E-state index contributed by atoms with van der Waals surface area (Å²) >= 11 is 0. The number of ether oxygens (including phenoxy) is 1. The molecule has 33 heavy (non-hydrogen) atoms. The van der Waals surface area contributed by atoms with Gasteiger partial charge in [-0.05, 0) is 44.6 Å². The van der Waals surface area contributed by atoms with Crippen molar-refractivity contribution in [3.8, 4) is 17.6 Å². The zero-order valence-electron chi connectivity index (χ0n) is 19.0. The maximum Gasteiger partial charge on any atom is 0.246 e. The Morgan fingerprint density at radius 1 is 1.33 bits per heavy atom. The molecule has 1 saturated heterocycles. The van der Waals surface area contributed by atoms with E-state index in [2.05, 4.69) is 21.8 Å². The Morgan fingerprint density at radius 2 is 2.18 bits per heavy atom. The molecule has 1 amide bonds. The number of anilines is 1. The van der Waals surface area contributed by atoms with Gasteiger partial charge in [-0.2, -0.15) is 5.10 Å². The lowest BCUT2D eigenvalue weighted by atomic mass is 10.2. The highest BCUT2D eigenvalue weighted by Crippen LogP contribution is 2.28. The normalized spacial score (nSPS) is 15.9. The number of likely N-dealkylation sites (tertiary alicyclic amines) is 1. The lowest BCUT2D eigenvalue weighted by Gasteiger charge is -2.15. The van der Waals surface area contributed by atoms with E-state index in [1.165, 1.54) is 6.33 Å². The first-order valence-corrected chi connectivity index (χ1v) is 10.7. The van der Waals surface area contributed by atoms with E-state index in [0.717, 1.165) is 24.3 Å². The van der Waals surface area contributed by atoms with E-state index in [0.29, 0.717) is 35.6 Å². The van der Waals surface area contributed by atoms with Crippen molar-refractivity contribution in [3.63, 3.8) is 0 Å². The fourth-order valence-electron chi connectivity index (χ4n) is 3.78. The zero-order valence-corrected chi connectivity index (χ0v) is 19.0. The van der Waals surface area contributed by atoms with E-state index in [9.17, 15) is 4.79 Å². The van der Waals surface area contributed by atoms with Gasteiger partial charge in [0.15, 0.2) is 5.65 Å². The van der Waals surface area contributed by atoms with Gasteiger partial charge in [0.2, 0.25) is 5.91 Å². The zero-order chi connectivity index (χ0) is 23.4. The second-order valence-corrected chi connectivity index (χ2v) is 8.12. The van der Waals surface area contributed by atoms with Gasteiger partial charge in [-0.25, -0.2) is 14.6 Å². The number of hydrogen-bond donors (Lipinski definition) is 1. The van der Waals surface area contributed by atoms with Crippen LogP contribution >= 0.6 is 0 Å². The third kappa shape index (κ3) is 4.96. The van der Waals surface area contributed by atoms with Crippen LogP contribution in [0, 0.1) is 11.8 Å². The summed E-state index contributed by atoms with van der Waals surface area (Å²) in [5.74, 6) is 7.31. The molecule has 1 unspecified atom stereocenters. The quantitative estimate of drug-likeness (QED) is 0.471. The van der Waals surface area contributed by atoms with Crippen LogP contribution in [0.1, 0.15) is 23.7 Å². The highest BCUT2D eigenvalue weighted by Gasteiger charge is 2.29. The number of fused-ring (bicyclic) bond motifs is 1. The Hall–Kier alpha value is -3.90. The van der Waals surface area contributed by atoms with E-state index in [1.807, 2.05) is 58.9 Å². The summed E-state index contributed by atoms with van der Waals surface area (Å²) in [5.41, 5.74) is 8.11. The average molecular weight is 446 g/mol. The Bertz CT molecular complexity index is 1250. The molecule has 0 aliphatic carbocycles. The van der Waals surface area contributed by atoms with Crippen molar-refractivity contribution in [3.05, 3.63) is 54.0 Å². The Labute approximate surface area is 192 Å². The summed E-state index contributed by atoms with van der Waals surface area (Å²) in [4.78, 5) is 24.9. The van der Waals surface area contributed by atoms with Gasteiger partial charge < -0.3 is 20.3 Å². The predicted octanol–water partition coefficient (Wildman–Crippen LogP) is 1.71. The van der Waals surface area contributed by atoms with Crippen molar-refractivity contribution in [2.45, 2.75) is 12.5 Å². The highest BCUT2D eigenvalue weighted by atomic mass is 16.5. The van der Waals surface area contributed by atoms with Gasteiger partial charge in [-0.15, -0.1) is 0 Å². The number of nitrogens with zero attached hydrogens (tertiary/aromatic N) is 6. The van der Waals surface area contributed by atoms with Crippen LogP contribution < -0.4 is 10.5 Å². The minimum Gasteiger partial charge on any atom is -0.497 e. The standard InChI is InChI=1S/C24H27N7O2/c1-29(2)12-5-8-21(32)30-13-11-18(15-30)31-24-22(23(25)26-16-27-24)20(28-31)10-9-17-6-4-7-19(14-17)33-3/h4-8,14,16,18H,11-13,15H2,1-3H3,(H2,25,26,27). The van der Waals surface area contributed by atoms with E-state index < -0.39 is 0 Å². The summed E-state index contributed by atoms with van der Waals surface area (Å²) in [6.07, 6.45) is 5.71. The maximum atomic E-state index is 12.6. The second-order valence-electron chi connectivity index (χ2n) is 8.12. The number of aromatic nitrogens is 4. The number of rotatable bonds is 5. The summed E-state index contributed by atoms with van der Waals surface area (Å²) < 4.78 is 7.10. The smallest absolute Gasteiger partial charge is 0.246 e. The molecule has 3 aromatic rings. The van der Waals surface area contributed by atoms with Crippen LogP contribution in [-0.2, 0) is 4.79 Å². The van der Waals surface area contributed by atoms with E-state index in [4.69, 9.17) is 15.6 Å². The number of nitrogens with two attached hydrogens (primary N) is 1. The molecule has 2 aromatic heterocycles. The number of amides is 1. The molecular formula is C24H27N7O2. The van der Waals surface area contributed by atoms with Gasteiger partial charge in [0.25, 0.3) is 0 Å². The number of carbonyl (C=O) groups excluding carboxylic acids is 1. The molecule has 0 bridgehead atoms. The Kier molecular flexibility index (Phi) is 6.56. The van der Waals surface area contributed by atoms with Crippen molar-refractivity contribution in [1.29, 1.82) is 0 Å². The molecule has 0 saturated carbocycles. The molecule has 170 valence electrons. The fourth-order valence-corrected chi connectivity index (χ4v) is 3.78. The first-order valence-electron chi connectivity index (χ1n) is 10.7. The largest absolute Gasteiger partial charge is 0.497 e. The van der Waals surface area contributed by atoms with Crippen molar-refractivity contribution < 1.29 is 9.53 Å². The van der Waals surface area contributed by atoms with Gasteiger partial charge in [0.05, 0.1) is 18.5 Å². The molecule has 3 heterocycles. The topological polar surface area (TPSA) is 102 Å². The third-order valence-electron chi connectivity index (χ3n) is 5.47. The predicted molar refractivity (Wildman–Crippen MR) is 127 cm³/mol. The molecule has 0 spiro atoms. The molecule has 1 aromatic carbocycles. The summed E-state index contributed by atoms with van der Waals surface area (Å²) in [7, 11) is 5.55. The molecule has 0 radical (unpaired) electrons. The SMILES string of the molecule is COc1cccc(C#Cc2nn(C3CCN(C(=O)C=CCN(C)C)C3)c3ncnc(N)c23)c1. The molecule has 1 aliphatic rings. The van der Waals surface area contributed by atoms with Crippen LogP contribution in [0.5, 0.6) is 5.75 Å². The van der Waals surface area contributed by atoms with E-state index >= 15 is 0 Å². The van der Waals surface area contributed by atoms with E-state index in [1.54, 1.807) is 13.2 Å². The lowest BCUT2D eigenvalue weighted by molar-refractivity contribution is -0.125. The summed E-state index contributed by atoms with van der Waals surface area (Å²) in [5, 5.41) is 5.36. The van der Waals surface area contributed by atoms with Gasteiger partial charge in [-0.3, -0.25) is 4.79 Å². The first kappa shape index (κ1) is 22.3. The van der Waals surface area contributed by atoms with Crippen molar-refractivity contribution >= 4 is 22.8 Å². The number of methoxy groups -OCH3 is 1. The van der Waals surface area contributed by atoms with Gasteiger partial charge in [-0.1, -0.05) is 18.1 Å². The van der Waals surface area contributed by atoms with Gasteiger partial charge in [0, 0.05) is 31.3 Å². The monoisotopic (exact) mass is 445 g/mol. The minimum atomic E-state index is -0.0135. The van der Waals surface area contributed by atoms with Crippen LogP contribution in [0.3, 0.4) is 0 Å². The van der Waals surface area contributed by atoms with Crippen LogP contribution in [-0.4, -0.2) is 76.3 Å². The van der Waals surface area contributed by atoms with Crippen molar-refractivity contribution in [2.75, 3.05) is 46.6 Å². The van der Waals surface area contributed by atoms with Gasteiger partial charge >= 0.3 is 0 Å². The third-order valence-corrected chi connectivity index (χ3v) is 5.47. The minimum absolute atomic E-state index is 0.00277. The molecular weight excluding hydrogens is 418 g/mol.